The lowest BCUT2D eigenvalue weighted by Gasteiger charge is -2.44. The standard InChI is InChI=1S/C27H37N7O3S/c1-5-28-26(37)30-23-21(20-8-6-12-29-22(20)38-23)24(35)32-14-9-19(10-15-32)33-13-7-11-27(16-33)25(36)34(17(2)3)18(4)31-27/h6,8,12,17,19H,5,7,9-11,13-16H2,1-4H3,(H2,28,30,37). The van der Waals surface area contributed by atoms with Crippen molar-refractivity contribution in [1.29, 1.82) is 0 Å². The van der Waals surface area contributed by atoms with Crippen LogP contribution in [0.15, 0.2) is 23.3 Å². The topological polar surface area (TPSA) is 110 Å². The maximum Gasteiger partial charge on any atom is 0.319 e. The van der Waals surface area contributed by atoms with Crippen molar-refractivity contribution in [2.24, 2.45) is 4.99 Å². The normalized spacial score (nSPS) is 23.0. The molecular formula is C27H37N7O3S. The molecule has 0 radical (unpaired) electrons. The Morgan fingerprint density at radius 3 is 2.68 bits per heavy atom. The number of hydrogen-bond acceptors (Lipinski definition) is 7. The van der Waals surface area contributed by atoms with Crippen LogP contribution in [0.3, 0.4) is 0 Å². The van der Waals surface area contributed by atoms with Crippen molar-refractivity contribution in [1.82, 2.24) is 25.0 Å². The van der Waals surface area contributed by atoms with Gasteiger partial charge in [-0.15, -0.1) is 0 Å². The fraction of sp³-hybridized carbons (Fsp3) is 0.593. The van der Waals surface area contributed by atoms with Crippen molar-refractivity contribution in [3.8, 4) is 0 Å². The maximum absolute atomic E-state index is 13.8. The van der Waals surface area contributed by atoms with Crippen LogP contribution in [0, 0.1) is 0 Å². The summed E-state index contributed by atoms with van der Waals surface area (Å²) in [7, 11) is 0. The quantitative estimate of drug-likeness (QED) is 0.604. The van der Waals surface area contributed by atoms with Gasteiger partial charge in [0, 0.05) is 49.8 Å². The molecule has 2 fully saturated rings. The van der Waals surface area contributed by atoms with Crippen molar-refractivity contribution in [2.75, 3.05) is 38.0 Å². The molecule has 11 heteroatoms. The molecule has 2 aromatic heterocycles. The third kappa shape index (κ3) is 4.77. The Hall–Kier alpha value is -3.05. The predicted octanol–water partition coefficient (Wildman–Crippen LogP) is 3.55. The van der Waals surface area contributed by atoms with Crippen molar-refractivity contribution in [3.63, 3.8) is 0 Å². The van der Waals surface area contributed by atoms with E-state index in [4.69, 9.17) is 4.99 Å². The molecule has 0 saturated carbocycles. The van der Waals surface area contributed by atoms with Gasteiger partial charge in [0.1, 0.15) is 15.7 Å². The van der Waals surface area contributed by atoms with Gasteiger partial charge in [-0.25, -0.2) is 9.78 Å². The summed E-state index contributed by atoms with van der Waals surface area (Å²) in [5.41, 5.74) is -0.156. The van der Waals surface area contributed by atoms with Crippen molar-refractivity contribution >= 4 is 50.2 Å². The molecule has 2 saturated heterocycles. The first kappa shape index (κ1) is 26.6. The Morgan fingerprint density at radius 2 is 2.00 bits per heavy atom. The van der Waals surface area contributed by atoms with Crippen LogP contribution in [0.2, 0.25) is 0 Å². The monoisotopic (exact) mass is 539 g/mol. The summed E-state index contributed by atoms with van der Waals surface area (Å²) < 4.78 is 0. The Balaban J connectivity index is 1.28. The minimum atomic E-state index is -0.665. The van der Waals surface area contributed by atoms with E-state index in [9.17, 15) is 14.4 Å². The lowest BCUT2D eigenvalue weighted by Crippen LogP contribution is -2.58. The van der Waals surface area contributed by atoms with Gasteiger partial charge in [0.2, 0.25) is 0 Å². The molecular weight excluding hydrogens is 502 g/mol. The van der Waals surface area contributed by atoms with Crippen LogP contribution >= 0.6 is 11.3 Å². The van der Waals surface area contributed by atoms with Gasteiger partial charge in [0.25, 0.3) is 11.8 Å². The molecule has 0 aromatic carbocycles. The number of aliphatic imine (C=N–C) groups is 1. The number of nitrogens with one attached hydrogen (secondary N) is 2. The summed E-state index contributed by atoms with van der Waals surface area (Å²) in [5, 5.41) is 6.87. The number of fused-ring (bicyclic) bond motifs is 1. The van der Waals surface area contributed by atoms with Crippen LogP contribution in [0.1, 0.15) is 63.7 Å². The molecule has 1 unspecified atom stereocenters. The molecule has 10 nitrogen and oxygen atoms in total. The van der Waals surface area contributed by atoms with Crippen molar-refractivity contribution in [2.45, 2.75) is 71.0 Å². The number of urea groups is 1. The first-order chi connectivity index (χ1) is 18.2. The summed E-state index contributed by atoms with van der Waals surface area (Å²) in [4.78, 5) is 55.6. The number of aromatic nitrogens is 1. The van der Waals surface area contributed by atoms with Crippen molar-refractivity contribution in [3.05, 3.63) is 23.9 Å². The summed E-state index contributed by atoms with van der Waals surface area (Å²) in [6.45, 7) is 11.2. The maximum atomic E-state index is 13.8. The number of likely N-dealkylation sites (tertiary alicyclic amines) is 2. The highest BCUT2D eigenvalue weighted by atomic mass is 32.1. The molecule has 5 rings (SSSR count). The molecule has 3 aliphatic rings. The van der Waals surface area contributed by atoms with E-state index in [1.807, 2.05) is 49.6 Å². The number of nitrogens with zero attached hydrogens (tertiary/aromatic N) is 5. The van der Waals surface area contributed by atoms with E-state index >= 15 is 0 Å². The highest BCUT2D eigenvalue weighted by molar-refractivity contribution is 7.23. The molecule has 4 amide bonds. The highest BCUT2D eigenvalue weighted by Crippen LogP contribution is 2.37. The van der Waals surface area contributed by atoms with E-state index in [2.05, 4.69) is 20.5 Å². The largest absolute Gasteiger partial charge is 0.338 e. The average molecular weight is 540 g/mol. The Labute approximate surface area is 227 Å². The van der Waals surface area contributed by atoms with Crippen LogP contribution in [0.5, 0.6) is 0 Å². The number of thiophene rings is 1. The second kappa shape index (κ2) is 10.6. The number of carbonyl (C=O) groups is 3. The number of piperidine rings is 2. The lowest BCUT2D eigenvalue weighted by molar-refractivity contribution is -0.134. The number of rotatable bonds is 5. The van der Waals surface area contributed by atoms with Gasteiger partial charge < -0.3 is 10.2 Å². The second-order valence-corrected chi connectivity index (χ2v) is 11.7. The smallest absolute Gasteiger partial charge is 0.319 e. The van der Waals surface area contributed by atoms with E-state index in [-0.39, 0.29) is 23.9 Å². The molecule has 0 aliphatic carbocycles. The zero-order valence-corrected chi connectivity index (χ0v) is 23.4. The summed E-state index contributed by atoms with van der Waals surface area (Å²) in [5.74, 6) is 0.873. The number of hydrogen-bond donors (Lipinski definition) is 2. The molecule has 5 heterocycles. The zero-order chi connectivity index (χ0) is 27.0. The Morgan fingerprint density at radius 1 is 1.24 bits per heavy atom. The Kier molecular flexibility index (Phi) is 7.41. The third-order valence-corrected chi connectivity index (χ3v) is 8.90. The minimum Gasteiger partial charge on any atom is -0.338 e. The van der Waals surface area contributed by atoms with Crippen molar-refractivity contribution < 1.29 is 14.4 Å². The van der Waals surface area contributed by atoms with Gasteiger partial charge in [0.15, 0.2) is 5.54 Å². The van der Waals surface area contributed by atoms with Gasteiger partial charge in [0.05, 0.1) is 5.56 Å². The molecule has 1 atom stereocenters. The third-order valence-electron chi connectivity index (χ3n) is 7.87. The number of anilines is 1. The molecule has 2 aromatic rings. The Bertz CT molecular complexity index is 1270. The van der Waals surface area contributed by atoms with Crippen LogP contribution < -0.4 is 10.6 Å². The first-order valence-electron chi connectivity index (χ1n) is 13.6. The zero-order valence-electron chi connectivity index (χ0n) is 22.6. The van der Waals surface area contributed by atoms with Gasteiger partial charge in [-0.05, 0) is 72.1 Å². The SMILES string of the molecule is CCNC(=O)Nc1sc2ncccc2c1C(=O)N1CCC(N2CCCC3(C2)N=C(C)N(C(C)C)C3=O)CC1. The molecule has 1 spiro atoms. The minimum absolute atomic E-state index is 0.0802. The van der Waals surface area contributed by atoms with Gasteiger partial charge in [-0.3, -0.25) is 29.7 Å². The fourth-order valence-corrected chi connectivity index (χ4v) is 7.20. The number of pyridine rings is 1. The van der Waals surface area contributed by atoms with E-state index < -0.39 is 5.54 Å². The molecule has 38 heavy (non-hydrogen) atoms. The summed E-state index contributed by atoms with van der Waals surface area (Å²) in [6.07, 6.45) is 5.11. The van der Waals surface area contributed by atoms with Crippen LogP contribution in [0.4, 0.5) is 9.80 Å². The summed E-state index contributed by atoms with van der Waals surface area (Å²) in [6, 6.07) is 3.78. The van der Waals surface area contributed by atoms with E-state index in [1.165, 1.54) is 11.3 Å². The lowest BCUT2D eigenvalue weighted by atomic mass is 9.87. The molecule has 3 aliphatic heterocycles. The average Bonchev–Trinajstić information content (AvgIpc) is 3.37. The predicted molar refractivity (Wildman–Crippen MR) is 150 cm³/mol. The van der Waals surface area contributed by atoms with Gasteiger partial charge in [-0.2, -0.15) is 0 Å². The van der Waals surface area contributed by atoms with E-state index in [0.29, 0.717) is 42.8 Å². The number of amidine groups is 1. The van der Waals surface area contributed by atoms with Gasteiger partial charge >= 0.3 is 6.03 Å². The van der Waals surface area contributed by atoms with E-state index in [0.717, 1.165) is 48.3 Å². The van der Waals surface area contributed by atoms with Gasteiger partial charge in [-0.1, -0.05) is 11.3 Å². The van der Waals surface area contributed by atoms with Crippen LogP contribution in [-0.2, 0) is 4.79 Å². The first-order valence-corrected chi connectivity index (χ1v) is 14.4. The van der Waals surface area contributed by atoms with Crippen LogP contribution in [-0.4, -0.2) is 93.7 Å². The molecule has 204 valence electrons. The number of amides is 4. The molecule has 2 N–H and O–H groups in total. The molecule has 0 bridgehead atoms. The van der Waals surface area contributed by atoms with Crippen LogP contribution in [0.25, 0.3) is 10.2 Å². The summed E-state index contributed by atoms with van der Waals surface area (Å²) >= 11 is 1.32. The highest BCUT2D eigenvalue weighted by Gasteiger charge is 2.51. The van der Waals surface area contributed by atoms with E-state index in [1.54, 1.807) is 6.20 Å². The fourth-order valence-electron chi connectivity index (χ4n) is 6.17. The number of carbonyl (C=O) groups excluding carboxylic acids is 3. The second-order valence-electron chi connectivity index (χ2n) is 10.7.